The Balaban J connectivity index is 1.56. The zero-order valence-corrected chi connectivity index (χ0v) is 20.0. The molecule has 0 unspecified atom stereocenters. The standard InChI is InChI=1S/C23H28FN5OS2/c1-16(28-12-4-3-5-13-28)21-26-27-23(29(21)19-10-8-18(24)9-11-19)32-17(2)22(30)25-15-20-7-6-14-31-20/h6-11,14,16-17H,3-5,12-13,15H2,1-2H3,(H,25,30)/t16-,17+/m1/s1. The van der Waals surface area contributed by atoms with Crippen LogP contribution in [-0.4, -0.2) is 43.9 Å². The van der Waals surface area contributed by atoms with Crippen molar-refractivity contribution in [3.05, 3.63) is 58.3 Å². The van der Waals surface area contributed by atoms with Crippen LogP contribution < -0.4 is 5.32 Å². The molecule has 0 radical (unpaired) electrons. The van der Waals surface area contributed by atoms with E-state index in [-0.39, 0.29) is 23.0 Å². The number of hydrogen-bond acceptors (Lipinski definition) is 6. The van der Waals surface area contributed by atoms with Gasteiger partial charge in [0.05, 0.1) is 17.8 Å². The van der Waals surface area contributed by atoms with Gasteiger partial charge in [-0.3, -0.25) is 14.3 Å². The topological polar surface area (TPSA) is 63.1 Å². The van der Waals surface area contributed by atoms with Gasteiger partial charge in [0.2, 0.25) is 5.91 Å². The Labute approximate surface area is 196 Å². The van der Waals surface area contributed by atoms with Crippen LogP contribution in [0, 0.1) is 5.82 Å². The molecule has 3 aromatic rings. The van der Waals surface area contributed by atoms with Gasteiger partial charge in [0.25, 0.3) is 0 Å². The highest BCUT2D eigenvalue weighted by molar-refractivity contribution is 8.00. The van der Waals surface area contributed by atoms with Crippen LogP contribution in [-0.2, 0) is 11.3 Å². The Morgan fingerprint density at radius 3 is 2.59 bits per heavy atom. The number of benzene rings is 1. The minimum Gasteiger partial charge on any atom is -0.350 e. The Morgan fingerprint density at radius 1 is 1.16 bits per heavy atom. The van der Waals surface area contributed by atoms with Gasteiger partial charge in [0.1, 0.15) is 5.82 Å². The van der Waals surface area contributed by atoms with E-state index in [9.17, 15) is 9.18 Å². The summed E-state index contributed by atoms with van der Waals surface area (Å²) in [5.74, 6) is 0.470. The number of nitrogens with zero attached hydrogens (tertiary/aromatic N) is 4. The lowest BCUT2D eigenvalue weighted by Crippen LogP contribution is -2.33. The fraction of sp³-hybridized carbons (Fsp3) is 0.435. The summed E-state index contributed by atoms with van der Waals surface area (Å²) in [6.07, 6.45) is 3.61. The molecule has 32 heavy (non-hydrogen) atoms. The van der Waals surface area contributed by atoms with E-state index in [1.165, 1.54) is 43.2 Å². The van der Waals surface area contributed by atoms with Gasteiger partial charge < -0.3 is 5.32 Å². The highest BCUT2D eigenvalue weighted by Gasteiger charge is 2.27. The molecular formula is C23H28FN5OS2. The molecule has 6 nitrogen and oxygen atoms in total. The minimum absolute atomic E-state index is 0.0531. The molecule has 1 aliphatic rings. The average molecular weight is 474 g/mol. The van der Waals surface area contributed by atoms with Crippen LogP contribution in [0.15, 0.2) is 46.9 Å². The van der Waals surface area contributed by atoms with Gasteiger partial charge >= 0.3 is 0 Å². The molecule has 170 valence electrons. The zero-order valence-electron chi connectivity index (χ0n) is 18.3. The SMILES string of the molecule is C[C@H](Sc1nnc([C@@H](C)N2CCCCC2)n1-c1ccc(F)cc1)C(=O)NCc1cccs1. The quantitative estimate of drug-likeness (QED) is 0.476. The molecule has 0 aliphatic carbocycles. The number of nitrogens with one attached hydrogen (secondary N) is 1. The molecule has 1 N–H and O–H groups in total. The van der Waals surface area contributed by atoms with E-state index in [2.05, 4.69) is 27.3 Å². The maximum absolute atomic E-state index is 13.6. The predicted octanol–water partition coefficient (Wildman–Crippen LogP) is 4.81. The largest absolute Gasteiger partial charge is 0.350 e. The molecule has 0 saturated carbocycles. The van der Waals surface area contributed by atoms with Gasteiger partial charge in [-0.05, 0) is 75.5 Å². The van der Waals surface area contributed by atoms with Crippen LogP contribution >= 0.6 is 23.1 Å². The summed E-state index contributed by atoms with van der Waals surface area (Å²) >= 11 is 2.99. The van der Waals surface area contributed by atoms with Crippen molar-refractivity contribution in [2.45, 2.75) is 56.1 Å². The number of hydrogen-bond donors (Lipinski definition) is 1. The van der Waals surface area contributed by atoms with E-state index >= 15 is 0 Å². The van der Waals surface area contributed by atoms with Crippen molar-refractivity contribution in [3.63, 3.8) is 0 Å². The average Bonchev–Trinajstić information content (AvgIpc) is 3.48. The van der Waals surface area contributed by atoms with E-state index in [0.29, 0.717) is 11.7 Å². The van der Waals surface area contributed by atoms with Crippen molar-refractivity contribution >= 4 is 29.0 Å². The van der Waals surface area contributed by atoms with Crippen molar-refractivity contribution in [2.75, 3.05) is 13.1 Å². The fourth-order valence-corrected chi connectivity index (χ4v) is 5.42. The van der Waals surface area contributed by atoms with E-state index < -0.39 is 0 Å². The molecule has 2 aromatic heterocycles. The molecule has 0 spiro atoms. The number of rotatable bonds is 8. The molecule has 0 bridgehead atoms. The number of likely N-dealkylation sites (tertiary alicyclic amines) is 1. The third-order valence-corrected chi connectivity index (χ3v) is 7.64. The number of halogens is 1. The number of piperidine rings is 1. The van der Waals surface area contributed by atoms with Gasteiger partial charge in [-0.15, -0.1) is 21.5 Å². The van der Waals surface area contributed by atoms with E-state index in [1.807, 2.05) is 29.0 Å². The van der Waals surface area contributed by atoms with Crippen LogP contribution in [0.5, 0.6) is 0 Å². The highest BCUT2D eigenvalue weighted by Crippen LogP contribution is 2.31. The lowest BCUT2D eigenvalue weighted by Gasteiger charge is -2.32. The Morgan fingerprint density at radius 2 is 1.91 bits per heavy atom. The van der Waals surface area contributed by atoms with Crippen molar-refractivity contribution in [1.29, 1.82) is 0 Å². The number of carbonyl (C=O) groups is 1. The molecule has 3 heterocycles. The number of aromatic nitrogens is 3. The van der Waals surface area contributed by atoms with Crippen molar-refractivity contribution in [1.82, 2.24) is 25.0 Å². The smallest absolute Gasteiger partial charge is 0.233 e. The van der Waals surface area contributed by atoms with Crippen LogP contribution in [0.2, 0.25) is 0 Å². The van der Waals surface area contributed by atoms with Gasteiger partial charge in [-0.25, -0.2) is 4.39 Å². The molecule has 1 fully saturated rings. The lowest BCUT2D eigenvalue weighted by molar-refractivity contribution is -0.120. The van der Waals surface area contributed by atoms with Gasteiger partial charge in [-0.2, -0.15) is 0 Å². The molecule has 1 saturated heterocycles. The highest BCUT2D eigenvalue weighted by atomic mass is 32.2. The van der Waals surface area contributed by atoms with E-state index in [0.717, 1.165) is 29.5 Å². The zero-order chi connectivity index (χ0) is 22.5. The molecule has 9 heteroatoms. The van der Waals surface area contributed by atoms with E-state index in [4.69, 9.17) is 0 Å². The normalized spacial score (nSPS) is 16.6. The van der Waals surface area contributed by atoms with Gasteiger partial charge in [0, 0.05) is 10.6 Å². The summed E-state index contributed by atoms with van der Waals surface area (Å²) in [6.45, 7) is 6.58. The first kappa shape index (κ1) is 22.9. The molecular weight excluding hydrogens is 445 g/mol. The lowest BCUT2D eigenvalue weighted by atomic mass is 10.1. The second kappa shape index (κ2) is 10.6. The van der Waals surface area contributed by atoms with Crippen LogP contribution in [0.3, 0.4) is 0 Å². The maximum Gasteiger partial charge on any atom is 0.233 e. The molecule has 4 rings (SSSR count). The number of thiophene rings is 1. The van der Waals surface area contributed by atoms with E-state index in [1.54, 1.807) is 23.5 Å². The number of thioether (sulfide) groups is 1. The number of carbonyl (C=O) groups excluding carboxylic acids is 1. The summed E-state index contributed by atoms with van der Waals surface area (Å²) in [5.41, 5.74) is 0.795. The Hall–Kier alpha value is -2.23. The molecule has 1 aromatic carbocycles. The van der Waals surface area contributed by atoms with Gasteiger partial charge in [-0.1, -0.05) is 24.2 Å². The fourth-order valence-electron chi connectivity index (χ4n) is 3.87. The summed E-state index contributed by atoms with van der Waals surface area (Å²) in [5, 5.41) is 14.2. The van der Waals surface area contributed by atoms with Crippen molar-refractivity contribution in [3.8, 4) is 5.69 Å². The monoisotopic (exact) mass is 473 g/mol. The second-order valence-corrected chi connectivity index (χ2v) is 10.3. The van der Waals surface area contributed by atoms with Crippen molar-refractivity contribution < 1.29 is 9.18 Å². The minimum atomic E-state index is -0.350. The molecule has 1 aliphatic heterocycles. The summed E-state index contributed by atoms with van der Waals surface area (Å²) in [4.78, 5) is 16.2. The van der Waals surface area contributed by atoms with Gasteiger partial charge in [0.15, 0.2) is 11.0 Å². The molecule has 2 atom stereocenters. The third kappa shape index (κ3) is 5.39. The first-order valence-electron chi connectivity index (χ1n) is 10.9. The van der Waals surface area contributed by atoms with Crippen LogP contribution in [0.25, 0.3) is 5.69 Å². The summed E-state index contributed by atoms with van der Waals surface area (Å²) in [7, 11) is 0. The third-order valence-electron chi connectivity index (χ3n) is 5.72. The van der Waals surface area contributed by atoms with Crippen molar-refractivity contribution in [2.24, 2.45) is 0 Å². The first-order valence-corrected chi connectivity index (χ1v) is 12.7. The predicted molar refractivity (Wildman–Crippen MR) is 127 cm³/mol. The Kier molecular flexibility index (Phi) is 7.59. The second-order valence-electron chi connectivity index (χ2n) is 7.98. The summed E-state index contributed by atoms with van der Waals surface area (Å²) < 4.78 is 15.6. The van der Waals surface area contributed by atoms with Crippen LogP contribution in [0.4, 0.5) is 4.39 Å². The Bertz CT molecular complexity index is 1020. The number of amides is 1. The molecule has 1 amide bonds. The first-order chi connectivity index (χ1) is 15.5. The summed E-state index contributed by atoms with van der Waals surface area (Å²) in [6, 6.07) is 10.4. The van der Waals surface area contributed by atoms with Crippen LogP contribution in [0.1, 0.15) is 49.9 Å². The maximum atomic E-state index is 13.6.